The molecule has 0 amide bonds. The fourth-order valence-electron chi connectivity index (χ4n) is 5.71. The number of carbonyl (C=O) groups excluding carboxylic acids is 1. The SMILES string of the molecule is CC(C)C(=O)c1c[nH]c2nc(Nc3ccc(N4CCN(C)CC4)cc3)nc(N[C@@H]3CCCN(S(=O)(=O)C4CC4)C3)c12. The Morgan fingerprint density at radius 3 is 2.44 bits per heavy atom. The van der Waals surface area contributed by atoms with Gasteiger partial charge in [0.1, 0.15) is 11.5 Å². The molecule has 4 heterocycles. The molecule has 3 fully saturated rings. The zero-order valence-electron chi connectivity index (χ0n) is 24.1. The Morgan fingerprint density at radius 1 is 1.02 bits per heavy atom. The lowest BCUT2D eigenvalue weighted by molar-refractivity contribution is 0.0941. The average molecular weight is 581 g/mol. The molecule has 0 radical (unpaired) electrons. The predicted molar refractivity (Wildman–Crippen MR) is 163 cm³/mol. The van der Waals surface area contributed by atoms with Crippen LogP contribution in [-0.2, 0) is 10.0 Å². The number of rotatable bonds is 9. The Kier molecular flexibility index (Phi) is 7.64. The number of anilines is 4. The lowest BCUT2D eigenvalue weighted by Gasteiger charge is -2.34. The van der Waals surface area contributed by atoms with Gasteiger partial charge in [0.2, 0.25) is 16.0 Å². The minimum atomic E-state index is -3.26. The van der Waals surface area contributed by atoms with Crippen LogP contribution in [0.2, 0.25) is 0 Å². The zero-order chi connectivity index (χ0) is 28.7. The van der Waals surface area contributed by atoms with E-state index >= 15 is 0 Å². The summed E-state index contributed by atoms with van der Waals surface area (Å²) in [6.07, 6.45) is 4.79. The largest absolute Gasteiger partial charge is 0.369 e. The average Bonchev–Trinajstić information content (AvgIpc) is 3.74. The number of hydrogen-bond acceptors (Lipinski definition) is 9. The van der Waals surface area contributed by atoms with Crippen molar-refractivity contribution in [1.82, 2.24) is 24.2 Å². The Balaban J connectivity index is 1.26. The number of aromatic nitrogens is 3. The number of nitrogens with zero attached hydrogens (tertiary/aromatic N) is 5. The molecular weight excluding hydrogens is 540 g/mol. The molecule has 1 aromatic carbocycles. The highest BCUT2D eigenvalue weighted by Crippen LogP contribution is 2.34. The van der Waals surface area contributed by atoms with Gasteiger partial charge in [0.15, 0.2) is 5.78 Å². The van der Waals surface area contributed by atoms with Crippen molar-refractivity contribution in [2.75, 3.05) is 61.8 Å². The lowest BCUT2D eigenvalue weighted by Crippen LogP contribution is -2.46. The molecular formula is C29H40N8O3S. The fourth-order valence-corrected chi connectivity index (χ4v) is 7.63. The van der Waals surface area contributed by atoms with E-state index in [0.29, 0.717) is 41.5 Å². The van der Waals surface area contributed by atoms with Crippen molar-refractivity contribution >= 4 is 50.0 Å². The van der Waals surface area contributed by atoms with Crippen LogP contribution in [0, 0.1) is 5.92 Å². The van der Waals surface area contributed by atoms with Crippen molar-refractivity contribution < 1.29 is 13.2 Å². The second kappa shape index (κ2) is 11.2. The van der Waals surface area contributed by atoms with Crippen LogP contribution < -0.4 is 15.5 Å². The van der Waals surface area contributed by atoms with Crippen LogP contribution in [0.1, 0.15) is 49.9 Å². The zero-order valence-corrected chi connectivity index (χ0v) is 24.9. The van der Waals surface area contributed by atoms with E-state index < -0.39 is 10.0 Å². The number of nitrogens with one attached hydrogen (secondary N) is 3. The van der Waals surface area contributed by atoms with Crippen molar-refractivity contribution in [2.24, 2.45) is 5.92 Å². The Labute approximate surface area is 241 Å². The van der Waals surface area contributed by atoms with E-state index in [1.807, 2.05) is 26.0 Å². The van der Waals surface area contributed by atoms with E-state index in [9.17, 15) is 13.2 Å². The van der Waals surface area contributed by atoms with Crippen molar-refractivity contribution in [1.29, 1.82) is 0 Å². The van der Waals surface area contributed by atoms with E-state index in [-0.39, 0.29) is 23.0 Å². The Morgan fingerprint density at radius 2 is 1.76 bits per heavy atom. The molecule has 3 aliphatic rings. The maximum Gasteiger partial charge on any atom is 0.231 e. The molecule has 41 heavy (non-hydrogen) atoms. The molecule has 6 rings (SSSR count). The van der Waals surface area contributed by atoms with Crippen LogP contribution in [0.5, 0.6) is 0 Å². The number of Topliss-reactive ketones (excluding diaryl/α,β-unsaturated/α-hetero) is 1. The van der Waals surface area contributed by atoms with Crippen molar-refractivity contribution in [2.45, 2.75) is 50.8 Å². The number of sulfonamides is 1. The summed E-state index contributed by atoms with van der Waals surface area (Å²) in [5.74, 6) is 0.750. The third kappa shape index (κ3) is 5.91. The molecule has 2 aliphatic heterocycles. The first-order valence-corrected chi connectivity index (χ1v) is 16.2. The van der Waals surface area contributed by atoms with Crippen molar-refractivity contribution in [3.05, 3.63) is 36.0 Å². The van der Waals surface area contributed by atoms with Crippen LogP contribution in [-0.4, -0.2) is 96.0 Å². The summed E-state index contributed by atoms with van der Waals surface area (Å²) in [6.45, 7) is 8.79. The van der Waals surface area contributed by atoms with Gasteiger partial charge >= 0.3 is 0 Å². The summed E-state index contributed by atoms with van der Waals surface area (Å²) in [6, 6.07) is 8.15. The van der Waals surface area contributed by atoms with E-state index in [4.69, 9.17) is 9.97 Å². The highest BCUT2D eigenvalue weighted by molar-refractivity contribution is 7.90. The highest BCUT2D eigenvalue weighted by Gasteiger charge is 2.41. The first-order valence-electron chi connectivity index (χ1n) is 14.7. The van der Waals surface area contributed by atoms with Crippen LogP contribution in [0.3, 0.4) is 0 Å². The van der Waals surface area contributed by atoms with E-state index in [0.717, 1.165) is 57.5 Å². The van der Waals surface area contributed by atoms with Crippen LogP contribution in [0.4, 0.5) is 23.1 Å². The monoisotopic (exact) mass is 580 g/mol. The number of hydrogen-bond donors (Lipinski definition) is 3. The molecule has 12 heteroatoms. The molecule has 2 saturated heterocycles. The molecule has 2 aromatic heterocycles. The molecule has 1 saturated carbocycles. The molecule has 0 bridgehead atoms. The van der Waals surface area contributed by atoms with E-state index in [2.05, 4.69) is 44.6 Å². The second-order valence-electron chi connectivity index (χ2n) is 11.9. The quantitative estimate of drug-likeness (QED) is 0.325. The van der Waals surface area contributed by atoms with Gasteiger partial charge in [0.05, 0.1) is 10.6 Å². The molecule has 220 valence electrons. The molecule has 3 aromatic rings. The Bertz CT molecular complexity index is 1510. The van der Waals surface area contributed by atoms with Gasteiger partial charge in [-0.1, -0.05) is 13.8 Å². The molecule has 1 atom stereocenters. The van der Waals surface area contributed by atoms with Gasteiger partial charge in [-0.2, -0.15) is 14.3 Å². The number of carbonyl (C=O) groups is 1. The number of fused-ring (bicyclic) bond motifs is 1. The van der Waals surface area contributed by atoms with Gasteiger partial charge in [-0.05, 0) is 57.0 Å². The number of benzene rings is 1. The van der Waals surface area contributed by atoms with Gasteiger partial charge in [-0.25, -0.2) is 8.42 Å². The summed E-state index contributed by atoms with van der Waals surface area (Å²) in [5, 5.41) is 7.25. The summed E-state index contributed by atoms with van der Waals surface area (Å²) >= 11 is 0. The molecule has 11 nitrogen and oxygen atoms in total. The van der Waals surface area contributed by atoms with Gasteiger partial charge in [-0.15, -0.1) is 0 Å². The molecule has 1 aliphatic carbocycles. The maximum atomic E-state index is 13.1. The number of H-pyrrole nitrogens is 1. The third-order valence-electron chi connectivity index (χ3n) is 8.34. The van der Waals surface area contributed by atoms with Crippen LogP contribution in [0.15, 0.2) is 30.5 Å². The van der Waals surface area contributed by atoms with E-state index in [1.54, 1.807) is 10.5 Å². The van der Waals surface area contributed by atoms with Gasteiger partial charge in [0.25, 0.3) is 0 Å². The van der Waals surface area contributed by atoms with Gasteiger partial charge < -0.3 is 25.4 Å². The van der Waals surface area contributed by atoms with Crippen molar-refractivity contribution in [3.63, 3.8) is 0 Å². The number of ketones is 1. The lowest BCUT2D eigenvalue weighted by atomic mass is 10.0. The summed E-state index contributed by atoms with van der Waals surface area (Å²) in [7, 11) is -1.11. The maximum absolute atomic E-state index is 13.1. The minimum Gasteiger partial charge on any atom is -0.369 e. The first kappa shape index (κ1) is 27.9. The second-order valence-corrected chi connectivity index (χ2v) is 14.1. The normalized spacial score (nSPS) is 21.0. The number of piperidine rings is 1. The predicted octanol–water partition coefficient (Wildman–Crippen LogP) is 3.66. The topological polar surface area (TPSA) is 127 Å². The number of piperazine rings is 1. The van der Waals surface area contributed by atoms with Crippen LogP contribution in [0.25, 0.3) is 11.0 Å². The number of likely N-dealkylation sites (N-methyl/N-ethyl adjacent to an activating group) is 1. The minimum absolute atomic E-state index is 0.00434. The summed E-state index contributed by atoms with van der Waals surface area (Å²) in [5.41, 5.74) is 3.14. The van der Waals surface area contributed by atoms with Gasteiger partial charge in [-0.3, -0.25) is 4.79 Å². The summed E-state index contributed by atoms with van der Waals surface area (Å²) < 4.78 is 27.5. The van der Waals surface area contributed by atoms with E-state index in [1.165, 1.54) is 5.69 Å². The first-order chi connectivity index (χ1) is 19.7. The Hall–Kier alpha value is -3.22. The summed E-state index contributed by atoms with van der Waals surface area (Å²) in [4.78, 5) is 30.5. The molecule has 0 unspecified atom stereocenters. The third-order valence-corrected chi connectivity index (χ3v) is 10.7. The standard InChI is InChI=1S/C29H40N8O3S/c1-19(2)26(38)24-17-30-27-25(24)28(31-21-5-4-12-37(18-21)41(39,40)23-10-11-23)34-29(33-27)32-20-6-8-22(9-7-20)36-15-13-35(3)14-16-36/h6-9,17,19,21,23H,4-5,10-16,18H2,1-3H3,(H3,30,31,32,33,34)/t21-/m1/s1. The van der Waals surface area contributed by atoms with Crippen LogP contribution >= 0.6 is 0 Å². The fraction of sp³-hybridized carbons (Fsp3) is 0.552. The van der Waals surface area contributed by atoms with Crippen molar-refractivity contribution in [3.8, 4) is 0 Å². The smallest absolute Gasteiger partial charge is 0.231 e. The molecule has 3 N–H and O–H groups in total. The highest BCUT2D eigenvalue weighted by atomic mass is 32.2. The molecule has 0 spiro atoms. The van der Waals surface area contributed by atoms with Gasteiger partial charge in [0, 0.05) is 74.4 Å². The number of aromatic amines is 1.